The fraction of sp³-hybridized carbons (Fsp3) is 0.316. The molecule has 1 aliphatic rings. The van der Waals surface area contributed by atoms with Crippen LogP contribution in [0.3, 0.4) is 0 Å². The Kier molecular flexibility index (Phi) is 5.92. The number of rotatable bonds is 4. The average Bonchev–Trinajstić information content (AvgIpc) is 2.66. The van der Waals surface area contributed by atoms with Gasteiger partial charge in [0.15, 0.2) is 0 Å². The fourth-order valence-electron chi connectivity index (χ4n) is 2.73. The van der Waals surface area contributed by atoms with Crippen molar-refractivity contribution in [1.29, 1.82) is 0 Å². The molecule has 0 N–H and O–H groups in total. The molecule has 3 rings (SSSR count). The predicted octanol–water partition coefficient (Wildman–Crippen LogP) is 4.28. The first kappa shape index (κ1) is 19.5. The van der Waals surface area contributed by atoms with Crippen molar-refractivity contribution >= 4 is 17.5 Å². The van der Waals surface area contributed by atoms with Gasteiger partial charge in [0.2, 0.25) is 0 Å². The normalized spacial score (nSPS) is 17.6. The van der Waals surface area contributed by atoms with Crippen LogP contribution in [0.1, 0.15) is 15.9 Å². The quantitative estimate of drug-likeness (QED) is 0.770. The van der Waals surface area contributed by atoms with E-state index in [2.05, 4.69) is 0 Å². The molecule has 0 bridgehead atoms. The van der Waals surface area contributed by atoms with E-state index in [0.29, 0.717) is 30.3 Å². The van der Waals surface area contributed by atoms with Crippen LogP contribution in [-0.4, -0.2) is 43.2 Å². The molecule has 1 heterocycles. The molecule has 144 valence electrons. The van der Waals surface area contributed by atoms with Gasteiger partial charge in [0.25, 0.3) is 5.91 Å². The second kappa shape index (κ2) is 8.19. The number of alkyl halides is 3. The maximum absolute atomic E-state index is 12.8. The lowest BCUT2D eigenvalue weighted by molar-refractivity contribution is -0.137. The molecule has 1 unspecified atom stereocenters. The minimum Gasteiger partial charge on any atom is -0.491 e. The molecule has 4 nitrogen and oxygen atoms in total. The van der Waals surface area contributed by atoms with Gasteiger partial charge < -0.3 is 14.4 Å². The van der Waals surface area contributed by atoms with Crippen molar-refractivity contribution in [2.45, 2.75) is 12.3 Å². The lowest BCUT2D eigenvalue weighted by atomic mass is 10.1. The highest BCUT2D eigenvalue weighted by molar-refractivity contribution is 6.30. The Morgan fingerprint density at radius 1 is 1.22 bits per heavy atom. The second-order valence-electron chi connectivity index (χ2n) is 6.09. The Balaban J connectivity index is 1.59. The summed E-state index contributed by atoms with van der Waals surface area (Å²) >= 11 is 5.83. The Morgan fingerprint density at radius 2 is 1.96 bits per heavy atom. The van der Waals surface area contributed by atoms with Gasteiger partial charge in [-0.15, -0.1) is 0 Å². The number of carbonyl (C=O) groups excluding carboxylic acids is 1. The largest absolute Gasteiger partial charge is 0.491 e. The summed E-state index contributed by atoms with van der Waals surface area (Å²) in [7, 11) is 0. The Bertz CT molecular complexity index is 796. The summed E-state index contributed by atoms with van der Waals surface area (Å²) in [5, 5.41) is 0.542. The Hall–Kier alpha value is -2.25. The number of amides is 1. The molecule has 0 radical (unpaired) electrons. The summed E-state index contributed by atoms with van der Waals surface area (Å²) in [5.74, 6) is -0.0476. The molecule has 0 aromatic heterocycles. The highest BCUT2D eigenvalue weighted by Gasteiger charge is 2.31. The zero-order chi connectivity index (χ0) is 19.4. The van der Waals surface area contributed by atoms with Gasteiger partial charge in [-0.3, -0.25) is 4.79 Å². The van der Waals surface area contributed by atoms with Gasteiger partial charge in [-0.2, -0.15) is 13.2 Å². The maximum Gasteiger partial charge on any atom is 0.416 e. The molecular weight excluding hydrogens is 383 g/mol. The van der Waals surface area contributed by atoms with E-state index in [9.17, 15) is 18.0 Å². The zero-order valence-electron chi connectivity index (χ0n) is 14.2. The van der Waals surface area contributed by atoms with E-state index in [4.69, 9.17) is 21.1 Å². The molecule has 0 saturated carbocycles. The van der Waals surface area contributed by atoms with Crippen molar-refractivity contribution in [1.82, 2.24) is 4.90 Å². The number of halogens is 4. The fourth-order valence-corrected chi connectivity index (χ4v) is 2.86. The summed E-state index contributed by atoms with van der Waals surface area (Å²) in [6.07, 6.45) is -4.85. The lowest BCUT2D eigenvalue weighted by Crippen LogP contribution is -2.47. The molecule has 0 aliphatic carbocycles. The minimum atomic E-state index is -4.43. The molecular formula is C19H17ClF3NO3. The third kappa shape index (κ3) is 5.14. The molecule has 2 aromatic carbocycles. The van der Waals surface area contributed by atoms with Crippen molar-refractivity contribution in [3.63, 3.8) is 0 Å². The van der Waals surface area contributed by atoms with Crippen molar-refractivity contribution in [2.24, 2.45) is 0 Å². The molecule has 1 amide bonds. The number of morpholine rings is 1. The third-order valence-electron chi connectivity index (χ3n) is 4.11. The summed E-state index contributed by atoms with van der Waals surface area (Å²) in [4.78, 5) is 14.2. The maximum atomic E-state index is 12.8. The van der Waals surface area contributed by atoms with Crippen molar-refractivity contribution in [3.05, 3.63) is 64.7 Å². The monoisotopic (exact) mass is 399 g/mol. The van der Waals surface area contributed by atoms with E-state index in [1.165, 1.54) is 12.1 Å². The van der Waals surface area contributed by atoms with E-state index in [1.807, 2.05) is 0 Å². The SMILES string of the molecule is O=C(c1ccc(Cl)cc1)N1CCOC(COc2cccc(C(F)(F)F)c2)C1. The minimum absolute atomic E-state index is 0.0473. The van der Waals surface area contributed by atoms with E-state index in [-0.39, 0.29) is 18.3 Å². The van der Waals surface area contributed by atoms with Crippen LogP contribution in [-0.2, 0) is 10.9 Å². The number of carbonyl (C=O) groups is 1. The highest BCUT2D eigenvalue weighted by atomic mass is 35.5. The van der Waals surface area contributed by atoms with Gasteiger partial charge in [-0.05, 0) is 42.5 Å². The molecule has 0 spiro atoms. The van der Waals surface area contributed by atoms with E-state index in [0.717, 1.165) is 12.1 Å². The third-order valence-corrected chi connectivity index (χ3v) is 4.37. The standard InChI is InChI=1S/C19H17ClF3NO3/c20-15-6-4-13(5-7-15)18(25)24-8-9-26-17(11-24)12-27-16-3-1-2-14(10-16)19(21,22)23/h1-7,10,17H,8-9,11-12H2. The molecule has 27 heavy (non-hydrogen) atoms. The smallest absolute Gasteiger partial charge is 0.416 e. The highest BCUT2D eigenvalue weighted by Crippen LogP contribution is 2.31. The van der Waals surface area contributed by atoms with Crippen LogP contribution in [0.15, 0.2) is 48.5 Å². The molecule has 1 aliphatic heterocycles. The van der Waals surface area contributed by atoms with Crippen molar-refractivity contribution < 1.29 is 27.4 Å². The van der Waals surface area contributed by atoms with Gasteiger partial charge in [-0.25, -0.2) is 0 Å². The van der Waals surface area contributed by atoms with Crippen LogP contribution >= 0.6 is 11.6 Å². The van der Waals surface area contributed by atoms with E-state index in [1.54, 1.807) is 29.2 Å². The molecule has 1 atom stereocenters. The number of ether oxygens (including phenoxy) is 2. The number of benzene rings is 2. The van der Waals surface area contributed by atoms with Crippen LogP contribution < -0.4 is 4.74 Å². The van der Waals surface area contributed by atoms with Crippen LogP contribution in [0.5, 0.6) is 5.75 Å². The lowest BCUT2D eigenvalue weighted by Gasteiger charge is -2.33. The number of nitrogens with zero attached hydrogens (tertiary/aromatic N) is 1. The first-order chi connectivity index (χ1) is 12.8. The van der Waals surface area contributed by atoms with Gasteiger partial charge in [0.05, 0.1) is 18.7 Å². The average molecular weight is 400 g/mol. The first-order valence-electron chi connectivity index (χ1n) is 8.29. The van der Waals surface area contributed by atoms with Crippen LogP contribution in [0.2, 0.25) is 5.02 Å². The van der Waals surface area contributed by atoms with Crippen molar-refractivity contribution in [2.75, 3.05) is 26.3 Å². The first-order valence-corrected chi connectivity index (χ1v) is 8.67. The Morgan fingerprint density at radius 3 is 2.67 bits per heavy atom. The molecule has 8 heteroatoms. The molecule has 2 aromatic rings. The summed E-state index contributed by atoms with van der Waals surface area (Å²) in [6, 6.07) is 11.2. The summed E-state index contributed by atoms with van der Waals surface area (Å²) in [6.45, 7) is 1.10. The van der Waals surface area contributed by atoms with Crippen molar-refractivity contribution in [3.8, 4) is 5.75 Å². The van der Waals surface area contributed by atoms with Crippen LogP contribution in [0.4, 0.5) is 13.2 Å². The van der Waals surface area contributed by atoms with Gasteiger partial charge in [-0.1, -0.05) is 17.7 Å². The van der Waals surface area contributed by atoms with E-state index >= 15 is 0 Å². The molecule has 1 saturated heterocycles. The van der Waals surface area contributed by atoms with Crippen LogP contribution in [0, 0.1) is 0 Å². The zero-order valence-corrected chi connectivity index (χ0v) is 15.0. The molecule has 1 fully saturated rings. The second-order valence-corrected chi connectivity index (χ2v) is 6.52. The van der Waals surface area contributed by atoms with Crippen LogP contribution in [0.25, 0.3) is 0 Å². The topological polar surface area (TPSA) is 38.8 Å². The number of hydrogen-bond donors (Lipinski definition) is 0. The number of hydrogen-bond acceptors (Lipinski definition) is 3. The summed E-state index contributed by atoms with van der Waals surface area (Å²) < 4.78 is 49.3. The van der Waals surface area contributed by atoms with Gasteiger partial charge >= 0.3 is 6.18 Å². The van der Waals surface area contributed by atoms with Gasteiger partial charge in [0, 0.05) is 17.1 Å². The predicted molar refractivity (Wildman–Crippen MR) is 94.0 cm³/mol. The van der Waals surface area contributed by atoms with E-state index < -0.39 is 17.8 Å². The van der Waals surface area contributed by atoms with Gasteiger partial charge in [0.1, 0.15) is 18.5 Å². The Labute approximate surface area is 159 Å². The summed E-state index contributed by atoms with van der Waals surface area (Å²) in [5.41, 5.74) is -0.261.